The van der Waals surface area contributed by atoms with Crippen LogP contribution in [0.4, 0.5) is 5.69 Å². The number of benzodiazepines with no additional fused rings is 1. The van der Waals surface area contributed by atoms with Crippen molar-refractivity contribution in [1.82, 2.24) is 5.32 Å². The van der Waals surface area contributed by atoms with Crippen LogP contribution in [0.3, 0.4) is 0 Å². The molecule has 1 heterocycles. The zero-order valence-electron chi connectivity index (χ0n) is 16.7. The minimum absolute atomic E-state index is 0.335. The summed E-state index contributed by atoms with van der Waals surface area (Å²) in [7, 11) is 1.50. The monoisotopic (exact) mass is 399 g/mol. The number of amides is 2. The SMILES string of the molecule is COc1ccccc1C(=O)NC1N=C(c2ccccc2)c2ccc(C)cc2NC1=O. The van der Waals surface area contributed by atoms with Gasteiger partial charge in [-0.25, -0.2) is 4.99 Å². The number of para-hydroxylation sites is 1. The average Bonchev–Trinajstić information content (AvgIpc) is 2.90. The van der Waals surface area contributed by atoms with E-state index in [0.29, 0.717) is 22.7 Å². The molecule has 3 aromatic carbocycles. The Morgan fingerprint density at radius 3 is 2.53 bits per heavy atom. The fraction of sp³-hybridized carbons (Fsp3) is 0.125. The summed E-state index contributed by atoms with van der Waals surface area (Å²) >= 11 is 0. The molecule has 1 unspecified atom stereocenters. The van der Waals surface area contributed by atoms with Gasteiger partial charge in [0.1, 0.15) is 5.75 Å². The van der Waals surface area contributed by atoms with Gasteiger partial charge in [-0.15, -0.1) is 0 Å². The largest absolute Gasteiger partial charge is 0.496 e. The number of aryl methyl sites for hydroxylation is 1. The number of nitrogens with one attached hydrogen (secondary N) is 2. The van der Waals surface area contributed by atoms with Gasteiger partial charge >= 0.3 is 0 Å². The van der Waals surface area contributed by atoms with E-state index in [0.717, 1.165) is 16.7 Å². The molecule has 0 radical (unpaired) electrons. The lowest BCUT2D eigenvalue weighted by molar-refractivity contribution is -0.117. The molecule has 30 heavy (non-hydrogen) atoms. The molecule has 4 rings (SSSR count). The van der Waals surface area contributed by atoms with Gasteiger partial charge in [-0.1, -0.05) is 54.6 Å². The molecule has 150 valence electrons. The number of carbonyl (C=O) groups excluding carboxylic acids is 2. The summed E-state index contributed by atoms with van der Waals surface area (Å²) in [6.45, 7) is 1.96. The highest BCUT2D eigenvalue weighted by Gasteiger charge is 2.28. The standard InChI is InChI=1S/C24H21N3O3/c1-15-12-13-17-19(14-15)25-24(29)22(26-21(17)16-8-4-3-5-9-16)27-23(28)18-10-6-7-11-20(18)30-2/h3-14,22H,1-2H3,(H,25,29)(H,27,28). The number of rotatable bonds is 4. The van der Waals surface area contributed by atoms with Crippen LogP contribution in [0.25, 0.3) is 0 Å². The van der Waals surface area contributed by atoms with E-state index in [1.165, 1.54) is 7.11 Å². The van der Waals surface area contributed by atoms with Gasteiger partial charge in [0, 0.05) is 11.1 Å². The summed E-state index contributed by atoms with van der Waals surface area (Å²) in [5.74, 6) is -0.419. The fourth-order valence-electron chi connectivity index (χ4n) is 3.38. The highest BCUT2D eigenvalue weighted by Crippen LogP contribution is 2.25. The van der Waals surface area contributed by atoms with Crippen molar-refractivity contribution in [1.29, 1.82) is 0 Å². The summed E-state index contributed by atoms with van der Waals surface area (Å²) in [5, 5.41) is 5.63. The Kier molecular flexibility index (Phi) is 5.30. The average molecular weight is 399 g/mol. The van der Waals surface area contributed by atoms with Gasteiger partial charge in [0.05, 0.1) is 24.1 Å². The minimum atomic E-state index is -1.09. The molecular weight excluding hydrogens is 378 g/mol. The van der Waals surface area contributed by atoms with Crippen LogP contribution in [-0.2, 0) is 4.79 Å². The van der Waals surface area contributed by atoms with Crippen LogP contribution < -0.4 is 15.4 Å². The van der Waals surface area contributed by atoms with Crippen LogP contribution in [0.2, 0.25) is 0 Å². The number of methoxy groups -OCH3 is 1. The molecule has 6 nitrogen and oxygen atoms in total. The molecule has 1 atom stereocenters. The molecule has 1 aliphatic heterocycles. The molecule has 2 N–H and O–H groups in total. The van der Waals surface area contributed by atoms with Crippen molar-refractivity contribution in [3.63, 3.8) is 0 Å². The quantitative estimate of drug-likeness (QED) is 0.704. The van der Waals surface area contributed by atoms with Crippen molar-refractivity contribution in [2.75, 3.05) is 12.4 Å². The lowest BCUT2D eigenvalue weighted by atomic mass is 9.99. The Labute approximate surface area is 174 Å². The summed E-state index contributed by atoms with van der Waals surface area (Å²) in [4.78, 5) is 30.5. The topological polar surface area (TPSA) is 79.8 Å². The molecule has 0 fully saturated rings. The smallest absolute Gasteiger partial charge is 0.269 e. The number of hydrogen-bond acceptors (Lipinski definition) is 4. The number of aliphatic imine (C=N–C) groups is 1. The van der Waals surface area contributed by atoms with E-state index in [1.54, 1.807) is 24.3 Å². The van der Waals surface area contributed by atoms with Crippen molar-refractivity contribution >= 4 is 23.2 Å². The van der Waals surface area contributed by atoms with Gasteiger partial charge in [0.2, 0.25) is 6.17 Å². The normalized spacial score (nSPS) is 15.3. The van der Waals surface area contributed by atoms with E-state index < -0.39 is 18.0 Å². The zero-order valence-corrected chi connectivity index (χ0v) is 16.7. The molecule has 1 aliphatic rings. The van der Waals surface area contributed by atoms with E-state index in [4.69, 9.17) is 4.74 Å². The number of hydrogen-bond donors (Lipinski definition) is 2. The maximum atomic E-state index is 12.9. The van der Waals surface area contributed by atoms with Crippen LogP contribution >= 0.6 is 0 Å². The van der Waals surface area contributed by atoms with Gasteiger partial charge < -0.3 is 15.4 Å². The Morgan fingerprint density at radius 2 is 1.77 bits per heavy atom. The molecule has 0 bridgehead atoms. The van der Waals surface area contributed by atoms with E-state index in [-0.39, 0.29) is 0 Å². The number of carbonyl (C=O) groups is 2. The van der Waals surface area contributed by atoms with E-state index in [1.807, 2.05) is 55.5 Å². The number of nitrogens with zero attached hydrogens (tertiary/aromatic N) is 1. The number of benzene rings is 3. The maximum Gasteiger partial charge on any atom is 0.269 e. The number of fused-ring (bicyclic) bond motifs is 1. The zero-order chi connectivity index (χ0) is 21.1. The second kappa shape index (κ2) is 8.21. The van der Waals surface area contributed by atoms with E-state index in [9.17, 15) is 9.59 Å². The minimum Gasteiger partial charge on any atom is -0.496 e. The fourth-order valence-corrected chi connectivity index (χ4v) is 3.38. The van der Waals surface area contributed by atoms with Crippen molar-refractivity contribution < 1.29 is 14.3 Å². The van der Waals surface area contributed by atoms with Gasteiger partial charge in [-0.3, -0.25) is 9.59 Å². The van der Waals surface area contributed by atoms with Crippen LogP contribution in [0.1, 0.15) is 27.0 Å². The van der Waals surface area contributed by atoms with Gasteiger partial charge in [0.25, 0.3) is 11.8 Å². The molecule has 0 aliphatic carbocycles. The third kappa shape index (κ3) is 3.80. The Balaban J connectivity index is 1.75. The highest BCUT2D eigenvalue weighted by molar-refractivity contribution is 6.20. The molecule has 0 saturated heterocycles. The molecule has 0 saturated carbocycles. The Morgan fingerprint density at radius 1 is 1.03 bits per heavy atom. The van der Waals surface area contributed by atoms with Crippen molar-refractivity contribution in [3.8, 4) is 5.75 Å². The Hall–Kier alpha value is -3.93. The lowest BCUT2D eigenvalue weighted by Crippen LogP contribution is -2.42. The van der Waals surface area contributed by atoms with Crippen molar-refractivity contribution in [2.45, 2.75) is 13.1 Å². The van der Waals surface area contributed by atoms with Gasteiger partial charge in [-0.05, 0) is 30.7 Å². The third-order valence-corrected chi connectivity index (χ3v) is 4.86. The number of anilines is 1. The van der Waals surface area contributed by atoms with Gasteiger partial charge in [0.15, 0.2) is 0 Å². The van der Waals surface area contributed by atoms with E-state index in [2.05, 4.69) is 15.6 Å². The Bertz CT molecular complexity index is 1140. The third-order valence-electron chi connectivity index (χ3n) is 4.86. The predicted octanol–water partition coefficient (Wildman–Crippen LogP) is 3.55. The summed E-state index contributed by atoms with van der Waals surface area (Å²) in [6.07, 6.45) is -1.09. The molecule has 0 aromatic heterocycles. The summed E-state index contributed by atoms with van der Waals surface area (Å²) in [6, 6.07) is 22.2. The first kappa shape index (κ1) is 19.4. The first-order valence-electron chi connectivity index (χ1n) is 9.56. The highest BCUT2D eigenvalue weighted by atomic mass is 16.5. The molecule has 2 amide bonds. The predicted molar refractivity (Wildman–Crippen MR) is 116 cm³/mol. The van der Waals surface area contributed by atoms with Crippen molar-refractivity contribution in [2.24, 2.45) is 4.99 Å². The molecule has 6 heteroatoms. The van der Waals surface area contributed by atoms with Crippen LogP contribution in [0, 0.1) is 6.92 Å². The van der Waals surface area contributed by atoms with E-state index >= 15 is 0 Å². The van der Waals surface area contributed by atoms with Crippen molar-refractivity contribution in [3.05, 3.63) is 95.1 Å². The first-order chi connectivity index (χ1) is 14.6. The first-order valence-corrected chi connectivity index (χ1v) is 9.56. The van der Waals surface area contributed by atoms with Crippen LogP contribution in [0.5, 0.6) is 5.75 Å². The molecule has 0 spiro atoms. The molecule has 3 aromatic rings. The van der Waals surface area contributed by atoms with Crippen LogP contribution in [-0.4, -0.2) is 30.8 Å². The maximum absolute atomic E-state index is 12.9. The molecular formula is C24H21N3O3. The van der Waals surface area contributed by atoms with Gasteiger partial charge in [-0.2, -0.15) is 0 Å². The second-order valence-corrected chi connectivity index (χ2v) is 6.96. The lowest BCUT2D eigenvalue weighted by Gasteiger charge is -2.14. The number of ether oxygens (including phenoxy) is 1. The van der Waals surface area contributed by atoms with Crippen LogP contribution in [0.15, 0.2) is 77.8 Å². The summed E-state index contributed by atoms with van der Waals surface area (Å²) < 4.78 is 5.26. The second-order valence-electron chi connectivity index (χ2n) is 6.96. The summed E-state index contributed by atoms with van der Waals surface area (Å²) in [5.41, 5.74) is 4.30.